The minimum absolute atomic E-state index is 0.00215. The molecule has 0 heterocycles. The number of carboxylic acids is 1. The van der Waals surface area contributed by atoms with E-state index in [-0.39, 0.29) is 11.4 Å². The molecular formula is C10H9ClFNO3. The number of amides is 1. The average Bonchev–Trinajstić information content (AvgIpc) is 2.22. The zero-order valence-corrected chi connectivity index (χ0v) is 8.87. The van der Waals surface area contributed by atoms with E-state index in [4.69, 9.17) is 16.7 Å². The van der Waals surface area contributed by atoms with Crippen molar-refractivity contribution < 1.29 is 19.1 Å². The van der Waals surface area contributed by atoms with Crippen LogP contribution in [-0.2, 0) is 16.0 Å². The lowest BCUT2D eigenvalue weighted by Crippen LogP contribution is -2.37. The first-order valence-corrected chi connectivity index (χ1v) is 4.79. The Balaban J connectivity index is 2.81. The highest BCUT2D eigenvalue weighted by molar-refractivity contribution is 6.30. The summed E-state index contributed by atoms with van der Waals surface area (Å²) in [6.45, 7) is 0. The summed E-state index contributed by atoms with van der Waals surface area (Å²) in [5, 5.41) is 10.8. The Morgan fingerprint density at radius 2 is 2.31 bits per heavy atom. The second kappa shape index (κ2) is 5.46. The molecule has 1 rings (SSSR count). The molecule has 0 spiro atoms. The largest absolute Gasteiger partial charge is 0.480 e. The molecule has 0 saturated heterocycles. The Morgan fingerprint density at radius 1 is 1.62 bits per heavy atom. The minimum Gasteiger partial charge on any atom is -0.480 e. The number of benzene rings is 1. The molecule has 6 heteroatoms. The van der Waals surface area contributed by atoms with Gasteiger partial charge in [-0.05, 0) is 17.7 Å². The van der Waals surface area contributed by atoms with Gasteiger partial charge in [-0.2, -0.15) is 0 Å². The van der Waals surface area contributed by atoms with E-state index >= 15 is 0 Å². The first-order chi connectivity index (χ1) is 7.54. The summed E-state index contributed by atoms with van der Waals surface area (Å²) in [6.07, 6.45) is 0.299. The average molecular weight is 246 g/mol. The normalized spacial score (nSPS) is 11.9. The third kappa shape index (κ3) is 3.20. The number of hydrogen-bond donors (Lipinski definition) is 2. The summed E-state index contributed by atoms with van der Waals surface area (Å²) in [6, 6.07) is 2.92. The van der Waals surface area contributed by atoms with E-state index in [1.807, 2.05) is 0 Å². The summed E-state index contributed by atoms with van der Waals surface area (Å²) in [7, 11) is 0. The van der Waals surface area contributed by atoms with Crippen LogP contribution >= 0.6 is 11.6 Å². The summed E-state index contributed by atoms with van der Waals surface area (Å²) >= 11 is 5.48. The minimum atomic E-state index is -1.18. The highest BCUT2D eigenvalue weighted by atomic mass is 35.5. The van der Waals surface area contributed by atoms with Gasteiger partial charge in [0.15, 0.2) is 0 Å². The molecular weight excluding hydrogens is 237 g/mol. The van der Waals surface area contributed by atoms with Gasteiger partial charge in [0.25, 0.3) is 0 Å². The fraction of sp³-hybridized carbons (Fsp3) is 0.200. The highest BCUT2D eigenvalue weighted by Crippen LogP contribution is 2.16. The quantitative estimate of drug-likeness (QED) is 0.767. The van der Waals surface area contributed by atoms with Crippen molar-refractivity contribution in [2.45, 2.75) is 12.5 Å². The van der Waals surface area contributed by atoms with Gasteiger partial charge in [0.1, 0.15) is 11.9 Å². The van der Waals surface area contributed by atoms with E-state index in [2.05, 4.69) is 5.32 Å². The van der Waals surface area contributed by atoms with Gasteiger partial charge >= 0.3 is 5.97 Å². The van der Waals surface area contributed by atoms with Crippen molar-refractivity contribution in [1.29, 1.82) is 0 Å². The van der Waals surface area contributed by atoms with Crippen molar-refractivity contribution in [1.82, 2.24) is 5.32 Å². The maximum Gasteiger partial charge on any atom is 0.326 e. The predicted octanol–water partition coefficient (Wildman–Crippen LogP) is 1.22. The van der Waals surface area contributed by atoms with Crippen LogP contribution in [0.15, 0.2) is 18.2 Å². The molecule has 1 aromatic carbocycles. The lowest BCUT2D eigenvalue weighted by atomic mass is 10.1. The molecule has 2 N–H and O–H groups in total. The van der Waals surface area contributed by atoms with Gasteiger partial charge in [-0.25, -0.2) is 9.18 Å². The molecule has 0 fully saturated rings. The molecule has 0 aromatic heterocycles. The highest BCUT2D eigenvalue weighted by Gasteiger charge is 2.17. The zero-order chi connectivity index (χ0) is 12.1. The molecule has 0 radical (unpaired) electrons. The van der Waals surface area contributed by atoms with E-state index < -0.39 is 17.8 Å². The van der Waals surface area contributed by atoms with Crippen molar-refractivity contribution in [2.24, 2.45) is 0 Å². The second-order valence-corrected chi connectivity index (χ2v) is 3.54. The van der Waals surface area contributed by atoms with Crippen LogP contribution in [0.2, 0.25) is 5.02 Å². The molecule has 0 bridgehead atoms. The van der Waals surface area contributed by atoms with Gasteiger partial charge < -0.3 is 10.4 Å². The van der Waals surface area contributed by atoms with Crippen molar-refractivity contribution in [3.8, 4) is 0 Å². The van der Waals surface area contributed by atoms with Crippen LogP contribution in [0.3, 0.4) is 0 Å². The van der Waals surface area contributed by atoms with Crippen molar-refractivity contribution >= 4 is 24.0 Å². The van der Waals surface area contributed by atoms with Crippen LogP contribution in [0.5, 0.6) is 0 Å². The molecule has 0 aliphatic carbocycles. The smallest absolute Gasteiger partial charge is 0.326 e. The lowest BCUT2D eigenvalue weighted by Gasteiger charge is -2.11. The maximum absolute atomic E-state index is 13.0. The first kappa shape index (κ1) is 12.4. The van der Waals surface area contributed by atoms with Crippen molar-refractivity contribution in [3.63, 3.8) is 0 Å². The number of nitrogens with one attached hydrogen (secondary N) is 1. The van der Waals surface area contributed by atoms with Crippen LogP contribution in [0.1, 0.15) is 5.56 Å². The lowest BCUT2D eigenvalue weighted by molar-refractivity contribution is -0.140. The number of hydrogen-bond acceptors (Lipinski definition) is 2. The number of carbonyl (C=O) groups is 2. The van der Waals surface area contributed by atoms with E-state index in [9.17, 15) is 14.0 Å². The molecule has 1 atom stereocenters. The number of aliphatic carboxylic acids is 1. The number of carbonyl (C=O) groups excluding carboxylic acids is 1. The molecule has 86 valence electrons. The fourth-order valence-electron chi connectivity index (χ4n) is 1.20. The number of carboxylic acid groups (broad SMARTS) is 1. The van der Waals surface area contributed by atoms with E-state index in [0.29, 0.717) is 12.0 Å². The standard InChI is InChI=1S/C10H9ClFNO3/c11-7-2-1-6(3-8(7)12)4-9(10(15)16)13-5-14/h1-3,5,9H,4H2,(H,13,14)(H,15,16). The van der Waals surface area contributed by atoms with E-state index in [1.165, 1.54) is 12.1 Å². The Morgan fingerprint density at radius 3 is 2.81 bits per heavy atom. The van der Waals surface area contributed by atoms with Gasteiger partial charge in [-0.1, -0.05) is 17.7 Å². The van der Waals surface area contributed by atoms with Crippen LogP contribution in [0.4, 0.5) is 4.39 Å². The van der Waals surface area contributed by atoms with Crippen molar-refractivity contribution in [2.75, 3.05) is 0 Å². The molecule has 0 aliphatic rings. The topological polar surface area (TPSA) is 66.4 Å². The van der Waals surface area contributed by atoms with E-state index in [1.54, 1.807) is 0 Å². The molecule has 16 heavy (non-hydrogen) atoms. The molecule has 1 unspecified atom stereocenters. The summed E-state index contributed by atoms with van der Waals surface area (Å²) < 4.78 is 13.0. The van der Waals surface area contributed by atoms with Gasteiger partial charge in [-0.15, -0.1) is 0 Å². The second-order valence-electron chi connectivity index (χ2n) is 3.13. The SMILES string of the molecule is O=CNC(Cc1ccc(Cl)c(F)c1)C(=O)O. The predicted molar refractivity (Wildman–Crippen MR) is 55.7 cm³/mol. The Kier molecular flexibility index (Phi) is 4.25. The summed E-state index contributed by atoms with van der Waals surface area (Å²) in [4.78, 5) is 20.9. The van der Waals surface area contributed by atoms with Gasteiger partial charge in [0, 0.05) is 6.42 Å². The zero-order valence-electron chi connectivity index (χ0n) is 8.11. The van der Waals surface area contributed by atoms with Crippen LogP contribution in [0, 0.1) is 5.82 Å². The monoisotopic (exact) mass is 245 g/mol. The number of halogens is 2. The van der Waals surface area contributed by atoms with E-state index in [0.717, 1.165) is 6.07 Å². The van der Waals surface area contributed by atoms with Gasteiger partial charge in [-0.3, -0.25) is 4.79 Å². The third-order valence-electron chi connectivity index (χ3n) is 1.99. The van der Waals surface area contributed by atoms with Crippen LogP contribution in [-0.4, -0.2) is 23.5 Å². The third-order valence-corrected chi connectivity index (χ3v) is 2.30. The summed E-state index contributed by atoms with van der Waals surface area (Å²) in [5.41, 5.74) is 0.448. The molecule has 0 aliphatic heterocycles. The Labute approximate surface area is 96.0 Å². The van der Waals surface area contributed by atoms with Crippen molar-refractivity contribution in [3.05, 3.63) is 34.6 Å². The van der Waals surface area contributed by atoms with Crippen LogP contribution < -0.4 is 5.32 Å². The number of rotatable bonds is 5. The molecule has 0 saturated carbocycles. The molecule has 1 amide bonds. The van der Waals surface area contributed by atoms with Crippen LogP contribution in [0.25, 0.3) is 0 Å². The Bertz CT molecular complexity index is 411. The van der Waals surface area contributed by atoms with Gasteiger partial charge in [0.05, 0.1) is 5.02 Å². The fourth-order valence-corrected chi connectivity index (χ4v) is 1.32. The molecule has 4 nitrogen and oxygen atoms in total. The maximum atomic E-state index is 13.0. The Hall–Kier alpha value is -1.62. The molecule has 1 aromatic rings. The summed E-state index contributed by atoms with van der Waals surface area (Å²) in [5.74, 6) is -1.79. The van der Waals surface area contributed by atoms with Gasteiger partial charge in [0.2, 0.25) is 6.41 Å². The first-order valence-electron chi connectivity index (χ1n) is 4.41.